The van der Waals surface area contributed by atoms with Crippen molar-refractivity contribution >= 4 is 11.8 Å². The van der Waals surface area contributed by atoms with Crippen LogP contribution in [-0.2, 0) is 6.42 Å². The van der Waals surface area contributed by atoms with E-state index >= 15 is 0 Å². The maximum absolute atomic E-state index is 5.67. The molecule has 0 atom stereocenters. The van der Waals surface area contributed by atoms with Gasteiger partial charge < -0.3 is 5.73 Å². The van der Waals surface area contributed by atoms with Crippen molar-refractivity contribution in [2.45, 2.75) is 30.1 Å². The van der Waals surface area contributed by atoms with E-state index in [0.29, 0.717) is 6.54 Å². The number of hydrogen-bond donors (Lipinski definition) is 1. The van der Waals surface area contributed by atoms with Crippen LogP contribution < -0.4 is 5.73 Å². The van der Waals surface area contributed by atoms with Crippen molar-refractivity contribution in [1.82, 2.24) is 0 Å². The van der Waals surface area contributed by atoms with E-state index in [1.165, 1.54) is 26.5 Å². The van der Waals surface area contributed by atoms with Gasteiger partial charge in [-0.25, -0.2) is 0 Å². The van der Waals surface area contributed by atoms with Crippen molar-refractivity contribution in [3.8, 4) is 0 Å². The Hall–Kier alpha value is -1.25. The highest BCUT2D eigenvalue weighted by Crippen LogP contribution is 2.33. The largest absolute Gasteiger partial charge is 0.330 e. The number of aryl methyl sites for hydroxylation is 2. The molecule has 0 aromatic heterocycles. The topological polar surface area (TPSA) is 26.0 Å². The molecule has 0 aliphatic heterocycles. The zero-order valence-electron chi connectivity index (χ0n) is 10.9. The van der Waals surface area contributed by atoms with E-state index in [-0.39, 0.29) is 0 Å². The first-order chi connectivity index (χ1) is 8.70. The first-order valence-corrected chi connectivity index (χ1v) is 7.05. The summed E-state index contributed by atoms with van der Waals surface area (Å²) < 4.78 is 0. The Kier molecular flexibility index (Phi) is 4.45. The molecule has 2 aromatic carbocycles. The third kappa shape index (κ3) is 3.15. The number of rotatable bonds is 4. The summed E-state index contributed by atoms with van der Waals surface area (Å²) in [6, 6.07) is 15.1. The van der Waals surface area contributed by atoms with E-state index in [4.69, 9.17) is 5.73 Å². The predicted molar refractivity (Wildman–Crippen MR) is 79.2 cm³/mol. The van der Waals surface area contributed by atoms with Gasteiger partial charge >= 0.3 is 0 Å². The molecule has 2 heteroatoms. The van der Waals surface area contributed by atoms with Crippen LogP contribution in [0.2, 0.25) is 0 Å². The molecule has 2 N–H and O–H groups in total. The highest BCUT2D eigenvalue weighted by atomic mass is 32.2. The number of nitrogens with two attached hydrogens (primary N) is 1. The molecule has 1 nitrogen and oxygen atoms in total. The van der Waals surface area contributed by atoms with Gasteiger partial charge in [0.25, 0.3) is 0 Å². The van der Waals surface area contributed by atoms with Crippen LogP contribution in [0.15, 0.2) is 52.3 Å². The molecule has 0 unspecified atom stereocenters. The summed E-state index contributed by atoms with van der Waals surface area (Å²) >= 11 is 1.84. The third-order valence-corrected chi connectivity index (χ3v) is 4.23. The SMILES string of the molecule is Cc1ccc(C)c(Sc2ccccc2CCN)c1. The Morgan fingerprint density at radius 1 is 1.00 bits per heavy atom. The summed E-state index contributed by atoms with van der Waals surface area (Å²) in [7, 11) is 0. The van der Waals surface area contributed by atoms with E-state index in [9.17, 15) is 0 Å². The highest BCUT2D eigenvalue weighted by Gasteiger charge is 2.05. The molecule has 0 aliphatic carbocycles. The van der Waals surface area contributed by atoms with Gasteiger partial charge in [0.05, 0.1) is 0 Å². The summed E-state index contributed by atoms with van der Waals surface area (Å²) in [5.74, 6) is 0. The normalized spacial score (nSPS) is 10.6. The van der Waals surface area contributed by atoms with Crippen LogP contribution in [0.5, 0.6) is 0 Å². The summed E-state index contributed by atoms with van der Waals surface area (Å²) in [5.41, 5.74) is 9.64. The van der Waals surface area contributed by atoms with Gasteiger partial charge in [0.2, 0.25) is 0 Å². The second kappa shape index (κ2) is 6.07. The van der Waals surface area contributed by atoms with Crippen molar-refractivity contribution < 1.29 is 0 Å². The van der Waals surface area contributed by atoms with E-state index in [1.807, 2.05) is 11.8 Å². The molecule has 0 bridgehead atoms. The van der Waals surface area contributed by atoms with Gasteiger partial charge in [0, 0.05) is 9.79 Å². The minimum atomic E-state index is 0.699. The highest BCUT2D eigenvalue weighted by molar-refractivity contribution is 7.99. The Bertz CT molecular complexity index is 534. The standard InChI is InChI=1S/C16H19NS/c1-12-7-8-13(2)16(11-12)18-15-6-4-3-5-14(15)9-10-17/h3-8,11H,9-10,17H2,1-2H3. The summed E-state index contributed by atoms with van der Waals surface area (Å²) in [4.78, 5) is 2.65. The molecule has 0 radical (unpaired) electrons. The molecule has 0 aliphatic rings. The molecule has 0 saturated carbocycles. The van der Waals surface area contributed by atoms with Crippen LogP contribution in [0.25, 0.3) is 0 Å². The molecular formula is C16H19NS. The van der Waals surface area contributed by atoms with Crippen LogP contribution in [0.4, 0.5) is 0 Å². The first kappa shape index (κ1) is 13.2. The third-order valence-electron chi connectivity index (χ3n) is 2.95. The molecule has 2 rings (SSSR count). The van der Waals surface area contributed by atoms with Crippen molar-refractivity contribution in [3.05, 3.63) is 59.2 Å². The van der Waals surface area contributed by atoms with Gasteiger partial charge in [-0.1, -0.05) is 42.1 Å². The van der Waals surface area contributed by atoms with E-state index in [2.05, 4.69) is 56.3 Å². The van der Waals surface area contributed by atoms with Crippen molar-refractivity contribution in [2.24, 2.45) is 5.73 Å². The molecule has 94 valence electrons. The van der Waals surface area contributed by atoms with E-state index < -0.39 is 0 Å². The second-order valence-corrected chi connectivity index (χ2v) is 5.60. The second-order valence-electron chi connectivity index (χ2n) is 4.52. The van der Waals surface area contributed by atoms with Crippen molar-refractivity contribution in [3.63, 3.8) is 0 Å². The Morgan fingerprint density at radius 2 is 1.78 bits per heavy atom. The lowest BCUT2D eigenvalue weighted by Gasteiger charge is -2.10. The number of benzene rings is 2. The molecule has 0 amide bonds. The molecule has 0 heterocycles. The van der Waals surface area contributed by atoms with Gasteiger partial charge in [-0.2, -0.15) is 0 Å². The minimum absolute atomic E-state index is 0.699. The maximum atomic E-state index is 5.67. The Balaban J connectivity index is 2.30. The molecular weight excluding hydrogens is 238 g/mol. The predicted octanol–water partition coefficient (Wildman–Crippen LogP) is 3.96. The zero-order chi connectivity index (χ0) is 13.0. The smallest absolute Gasteiger partial charge is 0.0154 e. The molecule has 0 saturated heterocycles. The van der Waals surface area contributed by atoms with E-state index in [1.54, 1.807) is 0 Å². The fourth-order valence-corrected chi connectivity index (χ4v) is 3.06. The molecule has 0 fully saturated rings. The summed E-state index contributed by atoms with van der Waals surface area (Å²) in [6.45, 7) is 4.99. The van der Waals surface area contributed by atoms with E-state index in [0.717, 1.165) is 6.42 Å². The molecule has 2 aromatic rings. The van der Waals surface area contributed by atoms with Crippen molar-refractivity contribution in [1.29, 1.82) is 0 Å². The summed E-state index contributed by atoms with van der Waals surface area (Å²) in [6.07, 6.45) is 0.939. The van der Waals surface area contributed by atoms with Gasteiger partial charge in [-0.3, -0.25) is 0 Å². The monoisotopic (exact) mass is 257 g/mol. The van der Waals surface area contributed by atoms with Gasteiger partial charge in [-0.05, 0) is 55.6 Å². The zero-order valence-corrected chi connectivity index (χ0v) is 11.8. The average molecular weight is 257 g/mol. The summed E-state index contributed by atoms with van der Waals surface area (Å²) in [5, 5.41) is 0. The van der Waals surface area contributed by atoms with Gasteiger partial charge in [0.1, 0.15) is 0 Å². The lowest BCUT2D eigenvalue weighted by molar-refractivity contribution is 0.944. The number of hydrogen-bond acceptors (Lipinski definition) is 2. The van der Waals surface area contributed by atoms with Crippen LogP contribution in [0, 0.1) is 13.8 Å². The van der Waals surface area contributed by atoms with Gasteiger partial charge in [0.15, 0.2) is 0 Å². The van der Waals surface area contributed by atoms with Crippen molar-refractivity contribution in [2.75, 3.05) is 6.54 Å². The lowest BCUT2D eigenvalue weighted by atomic mass is 10.1. The fraction of sp³-hybridized carbons (Fsp3) is 0.250. The van der Waals surface area contributed by atoms with Crippen LogP contribution in [-0.4, -0.2) is 6.54 Å². The Morgan fingerprint density at radius 3 is 2.56 bits per heavy atom. The van der Waals surface area contributed by atoms with Crippen LogP contribution >= 0.6 is 11.8 Å². The molecule has 0 spiro atoms. The lowest BCUT2D eigenvalue weighted by Crippen LogP contribution is -2.03. The minimum Gasteiger partial charge on any atom is -0.330 e. The Labute approximate surface area is 113 Å². The average Bonchev–Trinajstić information content (AvgIpc) is 2.36. The van der Waals surface area contributed by atoms with Crippen LogP contribution in [0.3, 0.4) is 0 Å². The maximum Gasteiger partial charge on any atom is 0.0154 e. The fourth-order valence-electron chi connectivity index (χ4n) is 1.90. The first-order valence-electron chi connectivity index (χ1n) is 6.24. The van der Waals surface area contributed by atoms with Crippen LogP contribution in [0.1, 0.15) is 16.7 Å². The quantitative estimate of drug-likeness (QED) is 0.897. The van der Waals surface area contributed by atoms with Gasteiger partial charge in [-0.15, -0.1) is 0 Å². The molecule has 18 heavy (non-hydrogen) atoms.